The van der Waals surface area contributed by atoms with E-state index in [4.69, 9.17) is 9.72 Å². The molecule has 0 saturated heterocycles. The molecule has 27 heavy (non-hydrogen) atoms. The number of thiophene rings is 1. The van der Waals surface area contributed by atoms with Crippen LogP contribution in [0.2, 0.25) is 14.8 Å². The molecule has 1 N–H and O–H groups in total. The van der Waals surface area contributed by atoms with Gasteiger partial charge < -0.3 is 0 Å². The van der Waals surface area contributed by atoms with Gasteiger partial charge in [0, 0.05) is 0 Å². The van der Waals surface area contributed by atoms with Crippen molar-refractivity contribution in [3.05, 3.63) is 23.2 Å². The Hall–Kier alpha value is -1.15. The number of carbonyl (C=O) groups excluding carboxylic acids is 1. The number of nitrogens with zero attached hydrogens (tertiary/aromatic N) is 2. The van der Waals surface area contributed by atoms with Crippen LogP contribution in [0.5, 0.6) is 0 Å². The van der Waals surface area contributed by atoms with Crippen LogP contribution in [0.25, 0.3) is 15.9 Å². The number of carbonyl (C=O) groups is 1. The van der Waals surface area contributed by atoms with Gasteiger partial charge in [-0.2, -0.15) is 0 Å². The first-order chi connectivity index (χ1) is 12.5. The van der Waals surface area contributed by atoms with E-state index >= 15 is 0 Å². The SMILES string of the molecule is CC(C)(C)OC(=O)NC1CC=C(c2cc3nc[c]([Sn]([CH3])([CH3])[CH3])nc3s2)CC1. The molecule has 0 aromatic carbocycles. The van der Waals surface area contributed by atoms with Crippen LogP contribution in [0.15, 0.2) is 18.3 Å². The standard InChI is InChI=1S/C17H20N3O2S.3CH3.Sn/c1-17(2,3)22-16(21)20-12-6-4-11(5-7-12)14-10-13-15(23-14)19-9-8-18-13;;;;/h4,8,10,12H,5-7H2,1-3H3,(H,20,21);3*1H3;. The number of alkyl carbamates (subject to hydrolysis) is 1. The van der Waals surface area contributed by atoms with Gasteiger partial charge in [0.2, 0.25) is 0 Å². The molecular weight excluding hydrogens is 465 g/mol. The summed E-state index contributed by atoms with van der Waals surface area (Å²) in [5.74, 6) is 0. The molecule has 1 aliphatic rings. The van der Waals surface area contributed by atoms with Crippen LogP contribution in [-0.4, -0.2) is 46.1 Å². The number of allylic oxidation sites excluding steroid dienone is 1. The summed E-state index contributed by atoms with van der Waals surface area (Å²) in [6.45, 7) is 5.64. The molecule has 1 aliphatic carbocycles. The van der Waals surface area contributed by atoms with Crippen molar-refractivity contribution in [2.45, 2.75) is 66.5 Å². The third kappa shape index (κ3) is 5.44. The van der Waals surface area contributed by atoms with Gasteiger partial charge in [-0.3, -0.25) is 0 Å². The molecule has 0 fully saturated rings. The maximum atomic E-state index is 11.9. The molecule has 146 valence electrons. The van der Waals surface area contributed by atoms with E-state index in [9.17, 15) is 4.79 Å². The topological polar surface area (TPSA) is 64.1 Å². The van der Waals surface area contributed by atoms with E-state index in [1.807, 2.05) is 27.0 Å². The molecule has 0 bridgehead atoms. The fraction of sp³-hybridized carbons (Fsp3) is 0.550. The second-order valence-corrected chi connectivity index (χ2v) is 24.5. The van der Waals surface area contributed by atoms with E-state index in [0.717, 1.165) is 29.6 Å². The second kappa shape index (κ2) is 7.70. The average molecular weight is 494 g/mol. The number of hydrogen-bond donors (Lipinski definition) is 1. The van der Waals surface area contributed by atoms with E-state index in [1.165, 1.54) is 14.2 Å². The quantitative estimate of drug-likeness (QED) is 0.629. The minimum atomic E-state index is -2.20. The molecule has 2 aromatic heterocycles. The van der Waals surface area contributed by atoms with Gasteiger partial charge in [-0.25, -0.2) is 0 Å². The molecule has 0 spiro atoms. The number of rotatable bonds is 3. The van der Waals surface area contributed by atoms with Crippen molar-refractivity contribution in [2.75, 3.05) is 0 Å². The zero-order valence-corrected chi connectivity index (χ0v) is 20.7. The summed E-state index contributed by atoms with van der Waals surface area (Å²) < 4.78 is 6.58. The molecule has 5 nitrogen and oxygen atoms in total. The van der Waals surface area contributed by atoms with Crippen molar-refractivity contribution < 1.29 is 9.53 Å². The van der Waals surface area contributed by atoms with Crippen molar-refractivity contribution in [2.24, 2.45) is 0 Å². The van der Waals surface area contributed by atoms with E-state index in [0.29, 0.717) is 0 Å². The van der Waals surface area contributed by atoms with Crippen LogP contribution in [0, 0.1) is 0 Å². The molecule has 0 aliphatic heterocycles. The Balaban J connectivity index is 1.69. The Kier molecular flexibility index (Phi) is 5.87. The zero-order valence-electron chi connectivity index (χ0n) is 17.0. The summed E-state index contributed by atoms with van der Waals surface area (Å²) in [7, 11) is 0. The monoisotopic (exact) mass is 495 g/mol. The van der Waals surface area contributed by atoms with Gasteiger partial charge >= 0.3 is 144 Å². The molecule has 7 heteroatoms. The molecule has 2 aromatic rings. The number of ether oxygens (including phenoxy) is 1. The first kappa shape index (κ1) is 20.6. The summed E-state index contributed by atoms with van der Waals surface area (Å²) in [6, 6.07) is 2.29. The first-order valence-corrected chi connectivity index (χ1v) is 20.3. The number of fused-ring (bicyclic) bond motifs is 1. The number of aromatic nitrogens is 2. The molecule has 0 saturated carbocycles. The second-order valence-electron chi connectivity index (χ2n) is 9.15. The van der Waals surface area contributed by atoms with E-state index in [2.05, 4.69) is 37.3 Å². The van der Waals surface area contributed by atoms with Gasteiger partial charge in [0.05, 0.1) is 0 Å². The van der Waals surface area contributed by atoms with Crippen LogP contribution in [0.3, 0.4) is 0 Å². The minimum absolute atomic E-state index is 0.135. The van der Waals surface area contributed by atoms with Crippen LogP contribution in [0.4, 0.5) is 4.79 Å². The molecule has 0 radical (unpaired) electrons. The normalized spacial score (nSPS) is 18.3. The average Bonchev–Trinajstić information content (AvgIpc) is 2.96. The summed E-state index contributed by atoms with van der Waals surface area (Å²) in [6.07, 6.45) is 6.57. The molecule has 3 rings (SSSR count). The van der Waals surface area contributed by atoms with Crippen molar-refractivity contribution in [3.63, 3.8) is 0 Å². The van der Waals surface area contributed by atoms with Crippen LogP contribution < -0.4 is 9.03 Å². The Labute approximate surface area is 169 Å². The zero-order chi connectivity index (χ0) is 19.8. The Morgan fingerprint density at radius 3 is 2.67 bits per heavy atom. The fourth-order valence-corrected chi connectivity index (χ4v) is 6.85. The third-order valence-corrected chi connectivity index (χ3v) is 10.6. The van der Waals surface area contributed by atoms with E-state index < -0.39 is 24.0 Å². The van der Waals surface area contributed by atoms with Crippen molar-refractivity contribution in [1.82, 2.24) is 15.3 Å². The van der Waals surface area contributed by atoms with E-state index in [1.54, 1.807) is 11.3 Å². The van der Waals surface area contributed by atoms with Gasteiger partial charge in [0.25, 0.3) is 0 Å². The van der Waals surface area contributed by atoms with Gasteiger partial charge in [-0.1, -0.05) is 0 Å². The van der Waals surface area contributed by atoms with Crippen LogP contribution >= 0.6 is 11.3 Å². The summed E-state index contributed by atoms with van der Waals surface area (Å²) in [5.41, 5.74) is 1.86. The van der Waals surface area contributed by atoms with Crippen LogP contribution in [-0.2, 0) is 4.74 Å². The van der Waals surface area contributed by atoms with E-state index in [-0.39, 0.29) is 12.1 Å². The predicted molar refractivity (Wildman–Crippen MR) is 115 cm³/mol. The molecule has 1 unspecified atom stereocenters. The molecule has 1 amide bonds. The molecule has 2 heterocycles. The van der Waals surface area contributed by atoms with Crippen molar-refractivity contribution in [1.29, 1.82) is 0 Å². The third-order valence-electron chi connectivity index (χ3n) is 4.46. The summed E-state index contributed by atoms with van der Waals surface area (Å²) >= 11 is -0.463. The Morgan fingerprint density at radius 2 is 2.07 bits per heavy atom. The first-order valence-electron chi connectivity index (χ1n) is 9.47. The fourth-order valence-electron chi connectivity index (χ4n) is 3.00. The predicted octanol–water partition coefficient (Wildman–Crippen LogP) is 4.70. The number of hydrogen-bond acceptors (Lipinski definition) is 5. The van der Waals surface area contributed by atoms with Crippen LogP contribution in [0.1, 0.15) is 44.9 Å². The summed E-state index contributed by atoms with van der Waals surface area (Å²) in [5, 5.41) is 2.98. The van der Waals surface area contributed by atoms with Gasteiger partial charge in [0.1, 0.15) is 5.60 Å². The summed E-state index contributed by atoms with van der Waals surface area (Å²) in [4.78, 5) is 30.9. The Morgan fingerprint density at radius 1 is 1.33 bits per heavy atom. The van der Waals surface area contributed by atoms with Crippen molar-refractivity contribution in [3.8, 4) is 0 Å². The van der Waals surface area contributed by atoms with Crippen molar-refractivity contribution >= 4 is 55.4 Å². The Bertz CT molecular complexity index is 877. The maximum absolute atomic E-state index is 11.9. The molecule has 1 atom stereocenters. The van der Waals surface area contributed by atoms with Gasteiger partial charge in [-0.15, -0.1) is 0 Å². The molecular formula is C20H29N3O2SSn. The van der Waals surface area contributed by atoms with Gasteiger partial charge in [-0.05, 0) is 20.8 Å². The number of nitrogens with one attached hydrogen (secondary N) is 1. The number of amides is 1. The van der Waals surface area contributed by atoms with Gasteiger partial charge in [0.15, 0.2) is 0 Å².